The number of anilines is 1. The highest BCUT2D eigenvalue weighted by atomic mass is 35.5. The van der Waals surface area contributed by atoms with Crippen molar-refractivity contribution in [1.82, 2.24) is 0 Å². The van der Waals surface area contributed by atoms with Gasteiger partial charge in [0.05, 0.1) is 0 Å². The van der Waals surface area contributed by atoms with Gasteiger partial charge in [0.1, 0.15) is 0 Å². The standard InChI is InChI=1S/C17H16ClNO/c1-11-4-3-5-13-8-9-19(17(20)16(11)13)14-6-7-15(18)12(2)10-14/h3-7,10H,8-9H2,1-2H3. The van der Waals surface area contributed by atoms with Crippen LogP contribution < -0.4 is 4.90 Å². The molecule has 0 radical (unpaired) electrons. The van der Waals surface area contributed by atoms with E-state index in [2.05, 4.69) is 0 Å². The van der Waals surface area contributed by atoms with Gasteiger partial charge in [-0.05, 0) is 55.2 Å². The minimum absolute atomic E-state index is 0.0890. The number of rotatable bonds is 1. The molecule has 3 rings (SSSR count). The minimum Gasteiger partial charge on any atom is -0.308 e. The molecular weight excluding hydrogens is 270 g/mol. The van der Waals surface area contributed by atoms with Gasteiger partial charge in [-0.15, -0.1) is 0 Å². The molecule has 1 heterocycles. The number of nitrogens with zero attached hydrogens (tertiary/aromatic N) is 1. The number of carbonyl (C=O) groups excluding carboxylic acids is 1. The molecule has 0 unspecified atom stereocenters. The SMILES string of the molecule is Cc1cc(N2CCc3cccc(C)c3C2=O)ccc1Cl. The van der Waals surface area contributed by atoms with E-state index in [1.54, 1.807) is 0 Å². The van der Waals surface area contributed by atoms with Crippen LogP contribution in [-0.4, -0.2) is 12.5 Å². The lowest BCUT2D eigenvalue weighted by molar-refractivity contribution is 0.0980. The molecule has 102 valence electrons. The maximum atomic E-state index is 12.7. The van der Waals surface area contributed by atoms with E-state index in [9.17, 15) is 4.79 Å². The number of carbonyl (C=O) groups is 1. The van der Waals surface area contributed by atoms with Crippen molar-refractivity contribution in [2.24, 2.45) is 0 Å². The monoisotopic (exact) mass is 285 g/mol. The van der Waals surface area contributed by atoms with Gasteiger partial charge in [-0.3, -0.25) is 4.79 Å². The second kappa shape index (κ2) is 4.95. The molecule has 1 amide bonds. The fraction of sp³-hybridized carbons (Fsp3) is 0.235. The summed E-state index contributed by atoms with van der Waals surface area (Å²) >= 11 is 6.06. The molecule has 0 fully saturated rings. The van der Waals surface area contributed by atoms with Crippen LogP contribution in [0.3, 0.4) is 0 Å². The third kappa shape index (κ3) is 2.10. The normalized spacial score (nSPS) is 14.3. The number of amides is 1. The number of halogens is 1. The molecule has 0 saturated carbocycles. The first-order chi connectivity index (χ1) is 9.58. The average Bonchev–Trinajstić information content (AvgIpc) is 2.42. The van der Waals surface area contributed by atoms with Gasteiger partial charge in [-0.1, -0.05) is 29.8 Å². The predicted molar refractivity (Wildman–Crippen MR) is 82.7 cm³/mol. The highest BCUT2D eigenvalue weighted by Gasteiger charge is 2.26. The molecule has 0 bridgehead atoms. The minimum atomic E-state index is 0.0890. The topological polar surface area (TPSA) is 20.3 Å². The second-order valence-corrected chi connectivity index (χ2v) is 5.66. The van der Waals surface area contributed by atoms with Crippen LogP contribution in [0.15, 0.2) is 36.4 Å². The Bertz CT molecular complexity index is 693. The number of fused-ring (bicyclic) bond motifs is 1. The molecule has 0 spiro atoms. The number of hydrogen-bond acceptors (Lipinski definition) is 1. The molecule has 0 N–H and O–H groups in total. The Morgan fingerprint density at radius 3 is 2.65 bits per heavy atom. The first-order valence-electron chi connectivity index (χ1n) is 6.74. The Labute approximate surface area is 124 Å². The fourth-order valence-electron chi connectivity index (χ4n) is 2.75. The third-order valence-corrected chi connectivity index (χ3v) is 4.30. The van der Waals surface area contributed by atoms with Crippen molar-refractivity contribution in [1.29, 1.82) is 0 Å². The van der Waals surface area contributed by atoms with E-state index in [0.29, 0.717) is 0 Å². The smallest absolute Gasteiger partial charge is 0.258 e. The summed E-state index contributed by atoms with van der Waals surface area (Å²) in [4.78, 5) is 14.6. The first kappa shape index (κ1) is 13.2. The lowest BCUT2D eigenvalue weighted by atomic mass is 9.94. The highest BCUT2D eigenvalue weighted by molar-refractivity contribution is 6.31. The Morgan fingerprint density at radius 1 is 1.10 bits per heavy atom. The fourth-order valence-corrected chi connectivity index (χ4v) is 2.87. The van der Waals surface area contributed by atoms with Crippen LogP contribution in [0.4, 0.5) is 5.69 Å². The van der Waals surface area contributed by atoms with Crippen molar-refractivity contribution in [3.05, 3.63) is 63.7 Å². The molecular formula is C17H16ClNO. The van der Waals surface area contributed by atoms with E-state index in [1.165, 1.54) is 0 Å². The molecule has 1 aliphatic rings. The maximum Gasteiger partial charge on any atom is 0.258 e. The van der Waals surface area contributed by atoms with Gasteiger partial charge in [0, 0.05) is 22.8 Å². The van der Waals surface area contributed by atoms with Crippen LogP contribution in [0.25, 0.3) is 0 Å². The van der Waals surface area contributed by atoms with Gasteiger partial charge in [0.15, 0.2) is 0 Å². The molecule has 0 aromatic heterocycles. The van der Waals surface area contributed by atoms with Gasteiger partial charge in [-0.2, -0.15) is 0 Å². The van der Waals surface area contributed by atoms with E-state index >= 15 is 0 Å². The summed E-state index contributed by atoms with van der Waals surface area (Å²) in [5.41, 5.74) is 4.96. The molecule has 0 atom stereocenters. The highest BCUT2D eigenvalue weighted by Crippen LogP contribution is 2.28. The van der Waals surface area contributed by atoms with Crippen molar-refractivity contribution in [2.45, 2.75) is 20.3 Å². The van der Waals surface area contributed by atoms with Crippen LogP contribution in [0.1, 0.15) is 27.0 Å². The Hall–Kier alpha value is -1.80. The van der Waals surface area contributed by atoms with Crippen LogP contribution >= 0.6 is 11.6 Å². The van der Waals surface area contributed by atoms with E-state index in [-0.39, 0.29) is 5.91 Å². The molecule has 1 aliphatic heterocycles. The predicted octanol–water partition coefficient (Wildman–Crippen LogP) is 4.16. The summed E-state index contributed by atoms with van der Waals surface area (Å²) in [5, 5.41) is 0.731. The molecule has 2 aromatic rings. The third-order valence-electron chi connectivity index (χ3n) is 3.88. The van der Waals surface area contributed by atoms with Crippen LogP contribution in [-0.2, 0) is 6.42 Å². The Kier molecular flexibility index (Phi) is 3.27. The zero-order valence-corrected chi connectivity index (χ0v) is 12.4. The van der Waals surface area contributed by atoms with Crippen LogP contribution in [0.2, 0.25) is 5.02 Å². The molecule has 3 heteroatoms. The number of aryl methyl sites for hydroxylation is 2. The molecule has 2 aromatic carbocycles. The summed E-state index contributed by atoms with van der Waals surface area (Å²) in [6.45, 7) is 4.67. The lowest BCUT2D eigenvalue weighted by Crippen LogP contribution is -2.38. The second-order valence-electron chi connectivity index (χ2n) is 5.25. The Morgan fingerprint density at radius 2 is 1.90 bits per heavy atom. The van der Waals surface area contributed by atoms with Crippen molar-refractivity contribution >= 4 is 23.2 Å². The van der Waals surface area contributed by atoms with Gasteiger partial charge in [0.25, 0.3) is 5.91 Å². The first-order valence-corrected chi connectivity index (χ1v) is 7.12. The summed E-state index contributed by atoms with van der Waals surface area (Å²) < 4.78 is 0. The zero-order chi connectivity index (χ0) is 14.3. The summed E-state index contributed by atoms with van der Waals surface area (Å²) in [5.74, 6) is 0.0890. The summed E-state index contributed by atoms with van der Waals surface area (Å²) in [6, 6.07) is 11.8. The van der Waals surface area contributed by atoms with Gasteiger partial charge >= 0.3 is 0 Å². The number of hydrogen-bond donors (Lipinski definition) is 0. The zero-order valence-electron chi connectivity index (χ0n) is 11.6. The van der Waals surface area contributed by atoms with Crippen molar-refractivity contribution < 1.29 is 4.79 Å². The summed E-state index contributed by atoms with van der Waals surface area (Å²) in [6.07, 6.45) is 0.893. The van der Waals surface area contributed by atoms with Crippen molar-refractivity contribution in [3.8, 4) is 0 Å². The van der Waals surface area contributed by atoms with E-state index in [1.807, 2.05) is 55.1 Å². The van der Waals surface area contributed by atoms with Crippen molar-refractivity contribution in [2.75, 3.05) is 11.4 Å². The largest absolute Gasteiger partial charge is 0.308 e. The molecule has 0 saturated heterocycles. The number of benzene rings is 2. The molecule has 0 aliphatic carbocycles. The van der Waals surface area contributed by atoms with Gasteiger partial charge < -0.3 is 4.90 Å². The molecule has 2 nitrogen and oxygen atoms in total. The van der Waals surface area contributed by atoms with Crippen LogP contribution in [0.5, 0.6) is 0 Å². The van der Waals surface area contributed by atoms with Crippen LogP contribution in [0, 0.1) is 13.8 Å². The van der Waals surface area contributed by atoms with E-state index < -0.39 is 0 Å². The van der Waals surface area contributed by atoms with Gasteiger partial charge in [-0.25, -0.2) is 0 Å². The maximum absolute atomic E-state index is 12.7. The van der Waals surface area contributed by atoms with Gasteiger partial charge in [0.2, 0.25) is 0 Å². The average molecular weight is 286 g/mol. The Balaban J connectivity index is 2.04. The molecule has 20 heavy (non-hydrogen) atoms. The van der Waals surface area contributed by atoms with E-state index in [0.717, 1.165) is 45.9 Å². The summed E-state index contributed by atoms with van der Waals surface area (Å²) in [7, 11) is 0. The van der Waals surface area contributed by atoms with Crippen molar-refractivity contribution in [3.63, 3.8) is 0 Å². The van der Waals surface area contributed by atoms with E-state index in [4.69, 9.17) is 11.6 Å². The quantitative estimate of drug-likeness (QED) is 0.770. The lowest BCUT2D eigenvalue weighted by Gasteiger charge is -2.30.